The van der Waals surface area contributed by atoms with Crippen LogP contribution in [0.1, 0.15) is 36.0 Å². The molecule has 1 aliphatic carbocycles. The Hall–Kier alpha value is -0.900. The first-order valence-electron chi connectivity index (χ1n) is 7.83. The molecule has 0 saturated heterocycles. The molecule has 20 heavy (non-hydrogen) atoms. The minimum absolute atomic E-state index is 0.534. The van der Waals surface area contributed by atoms with Gasteiger partial charge in [0, 0.05) is 33.4 Å². The summed E-state index contributed by atoms with van der Waals surface area (Å²) in [4.78, 5) is 0. The maximum atomic E-state index is 5.22. The molecule has 0 spiro atoms. The molecule has 3 rings (SSSR count). The first-order valence-corrected chi connectivity index (χ1v) is 7.83. The quantitative estimate of drug-likeness (QED) is 0.800. The Morgan fingerprint density at radius 1 is 1.35 bits per heavy atom. The highest BCUT2D eigenvalue weighted by molar-refractivity contribution is 5.37. The van der Waals surface area contributed by atoms with Gasteiger partial charge in [0.25, 0.3) is 0 Å². The summed E-state index contributed by atoms with van der Waals surface area (Å²) in [6, 6.07) is 6.73. The summed E-state index contributed by atoms with van der Waals surface area (Å²) < 4.78 is 5.22. The Morgan fingerprint density at radius 2 is 2.25 bits per heavy atom. The van der Waals surface area contributed by atoms with Crippen LogP contribution < -0.4 is 10.6 Å². The SMILES string of the molecule is COCCC1(CNCc2cccc3c2CCNC3)CC1. The van der Waals surface area contributed by atoms with Crippen molar-refractivity contribution in [3.05, 3.63) is 34.9 Å². The van der Waals surface area contributed by atoms with E-state index in [1.165, 1.54) is 36.8 Å². The molecule has 110 valence electrons. The highest BCUT2D eigenvalue weighted by Gasteiger charge is 2.41. The van der Waals surface area contributed by atoms with Gasteiger partial charge in [-0.2, -0.15) is 0 Å². The van der Waals surface area contributed by atoms with Crippen molar-refractivity contribution >= 4 is 0 Å². The van der Waals surface area contributed by atoms with E-state index in [-0.39, 0.29) is 0 Å². The predicted octanol–water partition coefficient (Wildman–Crippen LogP) is 2.24. The van der Waals surface area contributed by atoms with Crippen LogP contribution in [0.25, 0.3) is 0 Å². The highest BCUT2D eigenvalue weighted by atomic mass is 16.5. The first-order chi connectivity index (χ1) is 9.83. The van der Waals surface area contributed by atoms with Crippen molar-refractivity contribution in [1.82, 2.24) is 10.6 Å². The number of nitrogens with one attached hydrogen (secondary N) is 2. The van der Waals surface area contributed by atoms with Gasteiger partial charge in [-0.15, -0.1) is 0 Å². The van der Waals surface area contributed by atoms with E-state index in [4.69, 9.17) is 4.74 Å². The summed E-state index contributed by atoms with van der Waals surface area (Å²) in [5.74, 6) is 0. The topological polar surface area (TPSA) is 33.3 Å². The maximum Gasteiger partial charge on any atom is 0.0468 e. The summed E-state index contributed by atoms with van der Waals surface area (Å²) in [6.07, 6.45) is 5.09. The smallest absolute Gasteiger partial charge is 0.0468 e. The van der Waals surface area contributed by atoms with Crippen molar-refractivity contribution in [2.75, 3.05) is 26.8 Å². The number of methoxy groups -OCH3 is 1. The molecule has 0 amide bonds. The Labute approximate surface area is 122 Å². The second kappa shape index (κ2) is 6.25. The van der Waals surface area contributed by atoms with Gasteiger partial charge in [0.1, 0.15) is 0 Å². The van der Waals surface area contributed by atoms with Crippen molar-refractivity contribution in [2.45, 2.75) is 38.8 Å². The Morgan fingerprint density at radius 3 is 3.05 bits per heavy atom. The number of ether oxygens (including phenoxy) is 1. The molecule has 1 aromatic rings. The zero-order chi connectivity index (χ0) is 13.8. The summed E-state index contributed by atoms with van der Waals surface area (Å²) in [5, 5.41) is 7.13. The second-order valence-electron chi connectivity index (χ2n) is 6.33. The minimum atomic E-state index is 0.534. The van der Waals surface area contributed by atoms with Gasteiger partial charge in [-0.25, -0.2) is 0 Å². The van der Waals surface area contributed by atoms with Crippen LogP contribution in [0.4, 0.5) is 0 Å². The van der Waals surface area contributed by atoms with Crippen LogP contribution in [-0.4, -0.2) is 26.8 Å². The van der Waals surface area contributed by atoms with Gasteiger partial charge in [0.15, 0.2) is 0 Å². The third kappa shape index (κ3) is 3.22. The van der Waals surface area contributed by atoms with Gasteiger partial charge in [-0.3, -0.25) is 0 Å². The van der Waals surface area contributed by atoms with E-state index < -0.39 is 0 Å². The lowest BCUT2D eigenvalue weighted by molar-refractivity contribution is 0.171. The first kappa shape index (κ1) is 14.1. The minimum Gasteiger partial charge on any atom is -0.385 e. The van der Waals surface area contributed by atoms with E-state index >= 15 is 0 Å². The lowest BCUT2D eigenvalue weighted by atomic mass is 9.95. The van der Waals surface area contributed by atoms with E-state index in [0.717, 1.165) is 32.8 Å². The molecule has 1 aromatic carbocycles. The van der Waals surface area contributed by atoms with Crippen LogP contribution in [0, 0.1) is 5.41 Å². The molecule has 0 radical (unpaired) electrons. The van der Waals surface area contributed by atoms with E-state index in [2.05, 4.69) is 28.8 Å². The number of hydrogen-bond donors (Lipinski definition) is 2. The third-order valence-electron chi connectivity index (χ3n) is 4.85. The number of fused-ring (bicyclic) bond motifs is 1. The average molecular weight is 274 g/mol. The van der Waals surface area contributed by atoms with Crippen LogP contribution in [0.15, 0.2) is 18.2 Å². The zero-order valence-corrected chi connectivity index (χ0v) is 12.5. The molecular formula is C17H26N2O. The lowest BCUT2D eigenvalue weighted by Gasteiger charge is -2.21. The molecule has 1 aliphatic heterocycles. The normalized spacial score (nSPS) is 19.6. The number of hydrogen-bond acceptors (Lipinski definition) is 3. The molecular weight excluding hydrogens is 248 g/mol. The van der Waals surface area contributed by atoms with Gasteiger partial charge >= 0.3 is 0 Å². The fraction of sp³-hybridized carbons (Fsp3) is 0.647. The molecule has 1 saturated carbocycles. The van der Waals surface area contributed by atoms with Gasteiger partial charge in [0.2, 0.25) is 0 Å². The monoisotopic (exact) mass is 274 g/mol. The van der Waals surface area contributed by atoms with Gasteiger partial charge < -0.3 is 15.4 Å². The summed E-state index contributed by atoms with van der Waals surface area (Å²) in [5.41, 5.74) is 5.08. The van der Waals surface area contributed by atoms with E-state index in [9.17, 15) is 0 Å². The van der Waals surface area contributed by atoms with E-state index in [1.807, 2.05) is 0 Å². The standard InChI is InChI=1S/C17H26N2O/c1-20-10-8-17(6-7-17)13-19-12-15-4-2-3-14-11-18-9-5-16(14)15/h2-4,18-19H,5-13H2,1H3. The van der Waals surface area contributed by atoms with Gasteiger partial charge in [0.05, 0.1) is 0 Å². The third-order valence-corrected chi connectivity index (χ3v) is 4.85. The van der Waals surface area contributed by atoms with E-state index in [0.29, 0.717) is 5.41 Å². The van der Waals surface area contributed by atoms with Gasteiger partial charge in [-0.1, -0.05) is 18.2 Å². The molecule has 0 bridgehead atoms. The Kier molecular flexibility index (Phi) is 4.39. The predicted molar refractivity (Wildman–Crippen MR) is 81.7 cm³/mol. The zero-order valence-electron chi connectivity index (χ0n) is 12.5. The largest absolute Gasteiger partial charge is 0.385 e. The maximum absolute atomic E-state index is 5.22. The van der Waals surface area contributed by atoms with Crippen LogP contribution in [0.2, 0.25) is 0 Å². The second-order valence-corrected chi connectivity index (χ2v) is 6.33. The Bertz CT molecular complexity index is 454. The summed E-state index contributed by atoms with van der Waals surface area (Å²) in [6.45, 7) is 5.19. The molecule has 0 atom stereocenters. The molecule has 3 nitrogen and oxygen atoms in total. The molecule has 2 aliphatic rings. The Balaban J connectivity index is 1.54. The van der Waals surface area contributed by atoms with Crippen molar-refractivity contribution < 1.29 is 4.74 Å². The fourth-order valence-electron chi connectivity index (χ4n) is 3.25. The lowest BCUT2D eigenvalue weighted by Crippen LogP contribution is -2.28. The average Bonchev–Trinajstić information content (AvgIpc) is 3.26. The van der Waals surface area contributed by atoms with Crippen LogP contribution in [0.3, 0.4) is 0 Å². The highest BCUT2D eigenvalue weighted by Crippen LogP contribution is 2.48. The molecule has 0 aromatic heterocycles. The molecule has 1 heterocycles. The number of rotatable bonds is 7. The van der Waals surface area contributed by atoms with Crippen molar-refractivity contribution in [3.8, 4) is 0 Å². The van der Waals surface area contributed by atoms with Gasteiger partial charge in [-0.05, 0) is 54.3 Å². The van der Waals surface area contributed by atoms with Crippen LogP contribution in [-0.2, 0) is 24.2 Å². The fourth-order valence-corrected chi connectivity index (χ4v) is 3.25. The number of benzene rings is 1. The molecule has 2 N–H and O–H groups in total. The van der Waals surface area contributed by atoms with Crippen LogP contribution in [0.5, 0.6) is 0 Å². The summed E-state index contributed by atoms with van der Waals surface area (Å²) >= 11 is 0. The van der Waals surface area contributed by atoms with Crippen molar-refractivity contribution in [2.24, 2.45) is 5.41 Å². The molecule has 3 heteroatoms. The van der Waals surface area contributed by atoms with Crippen molar-refractivity contribution in [3.63, 3.8) is 0 Å². The van der Waals surface area contributed by atoms with Crippen LogP contribution >= 0.6 is 0 Å². The summed E-state index contributed by atoms with van der Waals surface area (Å²) in [7, 11) is 1.80. The molecule has 1 fully saturated rings. The van der Waals surface area contributed by atoms with Crippen molar-refractivity contribution in [1.29, 1.82) is 0 Å². The molecule has 0 unspecified atom stereocenters. The van der Waals surface area contributed by atoms with E-state index in [1.54, 1.807) is 12.7 Å².